The first-order chi connectivity index (χ1) is 17.5. The largest absolute Gasteiger partial charge is 0.493 e. The van der Waals surface area contributed by atoms with Crippen LogP contribution >= 0.6 is 23.4 Å². The van der Waals surface area contributed by atoms with E-state index >= 15 is 0 Å². The van der Waals surface area contributed by atoms with Crippen LogP contribution in [0.1, 0.15) is 11.1 Å². The lowest BCUT2D eigenvalue weighted by Crippen LogP contribution is -2.20. The Morgan fingerprint density at radius 3 is 2.50 bits per heavy atom. The second-order valence-corrected chi connectivity index (χ2v) is 9.03. The molecule has 0 aliphatic rings. The number of methoxy groups -OCH3 is 2. The van der Waals surface area contributed by atoms with Gasteiger partial charge in [0, 0.05) is 21.8 Å². The lowest BCUT2D eigenvalue weighted by Gasteiger charge is -2.11. The molecule has 4 rings (SSSR count). The highest BCUT2D eigenvalue weighted by Crippen LogP contribution is 2.30. The molecule has 1 N–H and O–H groups in total. The first-order valence-electron chi connectivity index (χ1n) is 10.9. The Bertz CT molecular complexity index is 1370. The average molecular weight is 522 g/mol. The van der Waals surface area contributed by atoms with E-state index in [0.29, 0.717) is 33.1 Å². The van der Waals surface area contributed by atoms with Crippen LogP contribution in [0.3, 0.4) is 0 Å². The normalized spacial score (nSPS) is 11.0. The zero-order chi connectivity index (χ0) is 25.5. The highest BCUT2D eigenvalue weighted by molar-refractivity contribution is 7.99. The molecule has 1 heterocycles. The number of hydrazone groups is 1. The maximum Gasteiger partial charge on any atom is 0.250 e. The molecule has 1 amide bonds. The van der Waals surface area contributed by atoms with Gasteiger partial charge in [0.15, 0.2) is 22.5 Å². The number of ether oxygens (including phenoxy) is 2. The van der Waals surface area contributed by atoms with E-state index in [0.717, 1.165) is 16.8 Å². The summed E-state index contributed by atoms with van der Waals surface area (Å²) in [5.41, 5.74) is 6.11. The van der Waals surface area contributed by atoms with Crippen molar-refractivity contribution in [2.75, 3.05) is 20.0 Å². The van der Waals surface area contributed by atoms with Crippen LogP contribution in [-0.4, -0.2) is 46.9 Å². The monoisotopic (exact) mass is 521 g/mol. The van der Waals surface area contributed by atoms with Gasteiger partial charge in [-0.05, 0) is 55.5 Å². The molecule has 36 heavy (non-hydrogen) atoms. The molecule has 0 aliphatic heterocycles. The van der Waals surface area contributed by atoms with Crippen molar-refractivity contribution in [2.45, 2.75) is 12.1 Å². The molecule has 0 saturated carbocycles. The Hall–Kier alpha value is -3.82. The van der Waals surface area contributed by atoms with Crippen molar-refractivity contribution in [3.8, 4) is 28.6 Å². The zero-order valence-corrected chi connectivity index (χ0v) is 21.5. The van der Waals surface area contributed by atoms with E-state index in [-0.39, 0.29) is 11.7 Å². The van der Waals surface area contributed by atoms with Crippen molar-refractivity contribution in [1.82, 2.24) is 20.2 Å². The minimum atomic E-state index is -0.287. The van der Waals surface area contributed by atoms with E-state index in [9.17, 15) is 4.79 Å². The van der Waals surface area contributed by atoms with Crippen LogP contribution in [0.2, 0.25) is 5.02 Å². The summed E-state index contributed by atoms with van der Waals surface area (Å²) in [4.78, 5) is 12.5. The number of para-hydroxylation sites is 1. The van der Waals surface area contributed by atoms with E-state index in [1.54, 1.807) is 32.4 Å². The molecule has 0 atom stereocenters. The molecule has 0 saturated heterocycles. The third-order valence-electron chi connectivity index (χ3n) is 5.19. The Kier molecular flexibility index (Phi) is 8.24. The third-order valence-corrected chi connectivity index (χ3v) is 6.37. The van der Waals surface area contributed by atoms with E-state index in [2.05, 4.69) is 20.7 Å². The maximum atomic E-state index is 12.5. The topological polar surface area (TPSA) is 90.6 Å². The van der Waals surface area contributed by atoms with Crippen LogP contribution in [0.5, 0.6) is 11.5 Å². The summed E-state index contributed by atoms with van der Waals surface area (Å²) in [6.45, 7) is 2.03. The minimum Gasteiger partial charge on any atom is -0.493 e. The van der Waals surface area contributed by atoms with Crippen molar-refractivity contribution in [3.05, 3.63) is 82.9 Å². The van der Waals surface area contributed by atoms with E-state index < -0.39 is 0 Å². The number of nitrogens with one attached hydrogen (secondary N) is 1. The molecule has 0 unspecified atom stereocenters. The number of hydrogen-bond acceptors (Lipinski definition) is 7. The van der Waals surface area contributed by atoms with Crippen LogP contribution in [-0.2, 0) is 4.79 Å². The number of amides is 1. The molecule has 8 nitrogen and oxygen atoms in total. The van der Waals surface area contributed by atoms with Gasteiger partial charge in [0.1, 0.15) is 0 Å². The standard InChI is InChI=1S/C26H24ClN5O3S/c1-17-7-13-21(14-8-17)32-25(18-9-11-20(27)12-10-18)30-31-26(32)36-16-23(33)29-28-15-19-5-4-6-22(34-2)24(19)35-3/h4-15H,16H2,1-3H3,(H,29,33)/b28-15+. The lowest BCUT2D eigenvalue weighted by atomic mass is 10.2. The Balaban J connectivity index is 1.50. The lowest BCUT2D eigenvalue weighted by molar-refractivity contribution is -0.118. The van der Waals surface area contributed by atoms with Crippen LogP contribution in [0.25, 0.3) is 17.1 Å². The number of halogens is 1. The van der Waals surface area contributed by atoms with Crippen LogP contribution in [0.15, 0.2) is 77.0 Å². The maximum absolute atomic E-state index is 12.5. The molecule has 0 aliphatic carbocycles. The number of carbonyl (C=O) groups excluding carboxylic acids is 1. The summed E-state index contributed by atoms with van der Waals surface area (Å²) in [5.74, 6) is 1.58. The van der Waals surface area contributed by atoms with Gasteiger partial charge in [-0.1, -0.05) is 47.1 Å². The van der Waals surface area contributed by atoms with Gasteiger partial charge in [0.05, 0.1) is 26.2 Å². The summed E-state index contributed by atoms with van der Waals surface area (Å²) in [6, 6.07) is 20.8. The van der Waals surface area contributed by atoms with Gasteiger partial charge in [-0.25, -0.2) is 5.43 Å². The number of rotatable bonds is 9. The van der Waals surface area contributed by atoms with E-state index in [1.165, 1.54) is 18.0 Å². The number of thioether (sulfide) groups is 1. The Morgan fingerprint density at radius 2 is 1.81 bits per heavy atom. The van der Waals surface area contributed by atoms with Crippen molar-refractivity contribution >= 4 is 35.5 Å². The third kappa shape index (κ3) is 5.87. The fourth-order valence-corrected chi connectivity index (χ4v) is 4.30. The smallest absolute Gasteiger partial charge is 0.250 e. The fourth-order valence-electron chi connectivity index (χ4n) is 3.43. The van der Waals surface area contributed by atoms with Crippen molar-refractivity contribution in [3.63, 3.8) is 0 Å². The summed E-state index contributed by atoms with van der Waals surface area (Å²) >= 11 is 7.33. The molecular formula is C26H24ClN5O3S. The number of nitrogens with zero attached hydrogens (tertiary/aromatic N) is 4. The summed E-state index contributed by atoms with van der Waals surface area (Å²) < 4.78 is 12.6. The molecule has 3 aromatic carbocycles. The molecule has 0 bridgehead atoms. The van der Waals surface area contributed by atoms with Gasteiger partial charge in [0.25, 0.3) is 5.91 Å². The summed E-state index contributed by atoms with van der Waals surface area (Å²) in [7, 11) is 3.11. The number of aryl methyl sites for hydroxylation is 1. The van der Waals surface area contributed by atoms with Crippen LogP contribution < -0.4 is 14.9 Å². The van der Waals surface area contributed by atoms with Gasteiger partial charge < -0.3 is 9.47 Å². The minimum absolute atomic E-state index is 0.0944. The number of hydrogen-bond donors (Lipinski definition) is 1. The zero-order valence-electron chi connectivity index (χ0n) is 19.9. The number of aromatic nitrogens is 3. The van der Waals surface area contributed by atoms with Gasteiger partial charge in [0.2, 0.25) is 0 Å². The number of benzene rings is 3. The van der Waals surface area contributed by atoms with Crippen molar-refractivity contribution in [1.29, 1.82) is 0 Å². The van der Waals surface area contributed by atoms with Crippen LogP contribution in [0.4, 0.5) is 0 Å². The highest BCUT2D eigenvalue weighted by Gasteiger charge is 2.17. The Morgan fingerprint density at radius 1 is 1.06 bits per heavy atom. The number of carbonyl (C=O) groups is 1. The van der Waals surface area contributed by atoms with Crippen molar-refractivity contribution in [2.24, 2.45) is 5.10 Å². The van der Waals surface area contributed by atoms with E-state index in [1.807, 2.05) is 60.0 Å². The van der Waals surface area contributed by atoms with Gasteiger partial charge in [-0.2, -0.15) is 5.10 Å². The predicted octanol–water partition coefficient (Wildman–Crippen LogP) is 5.16. The molecule has 1 aromatic heterocycles. The predicted molar refractivity (Wildman–Crippen MR) is 143 cm³/mol. The van der Waals surface area contributed by atoms with Gasteiger partial charge in [-0.3, -0.25) is 9.36 Å². The summed E-state index contributed by atoms with van der Waals surface area (Å²) in [6.07, 6.45) is 1.51. The molecule has 4 aromatic rings. The molecule has 0 radical (unpaired) electrons. The Labute approximate surface area is 218 Å². The second kappa shape index (κ2) is 11.7. The quantitative estimate of drug-likeness (QED) is 0.186. The van der Waals surface area contributed by atoms with E-state index in [4.69, 9.17) is 21.1 Å². The first-order valence-corrected chi connectivity index (χ1v) is 12.3. The summed E-state index contributed by atoms with van der Waals surface area (Å²) in [5, 5.41) is 14.0. The first kappa shape index (κ1) is 25.3. The average Bonchev–Trinajstić information content (AvgIpc) is 3.32. The molecule has 0 fully saturated rings. The van der Waals surface area contributed by atoms with Gasteiger partial charge in [-0.15, -0.1) is 10.2 Å². The second-order valence-electron chi connectivity index (χ2n) is 7.65. The molecular weight excluding hydrogens is 498 g/mol. The fraction of sp³-hybridized carbons (Fsp3) is 0.154. The SMILES string of the molecule is COc1cccc(/C=N/NC(=O)CSc2nnc(-c3ccc(Cl)cc3)n2-c2ccc(C)cc2)c1OC. The van der Waals surface area contributed by atoms with Gasteiger partial charge >= 0.3 is 0 Å². The highest BCUT2D eigenvalue weighted by atomic mass is 35.5. The van der Waals surface area contributed by atoms with Crippen molar-refractivity contribution < 1.29 is 14.3 Å². The van der Waals surface area contributed by atoms with Crippen LogP contribution in [0, 0.1) is 6.92 Å². The molecule has 10 heteroatoms. The molecule has 184 valence electrons. The molecule has 0 spiro atoms.